The van der Waals surface area contributed by atoms with Crippen LogP contribution in [0.5, 0.6) is 0 Å². The lowest BCUT2D eigenvalue weighted by Crippen LogP contribution is -2.31. The Balaban J connectivity index is 1.97. The molecule has 0 saturated heterocycles. The van der Waals surface area contributed by atoms with Crippen molar-refractivity contribution in [2.75, 3.05) is 13.1 Å². The molecule has 2 heterocycles. The fourth-order valence-corrected chi connectivity index (χ4v) is 3.68. The van der Waals surface area contributed by atoms with Gasteiger partial charge in [0.1, 0.15) is 10.7 Å². The molecule has 0 unspecified atom stereocenters. The Hall–Kier alpha value is -2.73. The highest BCUT2D eigenvalue weighted by molar-refractivity contribution is 7.19. The second kappa shape index (κ2) is 7.03. The zero-order valence-corrected chi connectivity index (χ0v) is 14.7. The Morgan fingerprint density at radius 2 is 1.92 bits per heavy atom. The maximum Gasteiger partial charge on any atom is 0.266 e. The van der Waals surface area contributed by atoms with Crippen LogP contribution in [0.1, 0.15) is 15.4 Å². The molecule has 0 spiro atoms. The van der Waals surface area contributed by atoms with E-state index in [4.69, 9.17) is 0 Å². The molecule has 0 saturated carbocycles. The van der Waals surface area contributed by atoms with E-state index in [-0.39, 0.29) is 11.7 Å². The van der Waals surface area contributed by atoms with Crippen molar-refractivity contribution in [2.24, 2.45) is 0 Å². The molecule has 0 N–H and O–H groups in total. The average molecular weight is 355 g/mol. The largest absolute Gasteiger partial charge is 0.330 e. The molecule has 3 aromatic rings. The zero-order chi connectivity index (χ0) is 18.0. The number of thiazole rings is 1. The van der Waals surface area contributed by atoms with Crippen molar-refractivity contribution in [1.29, 1.82) is 0 Å². The van der Waals surface area contributed by atoms with E-state index >= 15 is 0 Å². The lowest BCUT2D eigenvalue weighted by atomic mass is 10.2. The zero-order valence-electron chi connectivity index (χ0n) is 13.9. The third-order valence-electron chi connectivity index (χ3n) is 3.88. The number of imidazole rings is 1. The molecule has 0 radical (unpaired) electrons. The third kappa shape index (κ3) is 3.25. The van der Waals surface area contributed by atoms with Gasteiger partial charge in [0, 0.05) is 30.5 Å². The number of carbonyl (C=O) groups is 1. The van der Waals surface area contributed by atoms with Gasteiger partial charge >= 0.3 is 0 Å². The van der Waals surface area contributed by atoms with Crippen LogP contribution in [0.4, 0.5) is 4.39 Å². The van der Waals surface area contributed by atoms with Crippen LogP contribution < -0.4 is 0 Å². The predicted octanol–water partition coefficient (Wildman–Crippen LogP) is 4.32. The van der Waals surface area contributed by atoms with Crippen LogP contribution in [0.15, 0.2) is 55.8 Å². The normalized spacial score (nSPS) is 10.8. The summed E-state index contributed by atoms with van der Waals surface area (Å²) in [6.45, 7) is 10.2. The van der Waals surface area contributed by atoms with Crippen molar-refractivity contribution >= 4 is 22.2 Å². The molecule has 0 aliphatic heterocycles. The lowest BCUT2D eigenvalue weighted by molar-refractivity contribution is 0.0794. The summed E-state index contributed by atoms with van der Waals surface area (Å²) in [5, 5.41) is 0. The first kappa shape index (κ1) is 17.1. The van der Waals surface area contributed by atoms with Crippen LogP contribution in [0.2, 0.25) is 0 Å². The number of nitrogens with zero attached hydrogens (tertiary/aromatic N) is 3. The first-order chi connectivity index (χ1) is 12.0. The van der Waals surface area contributed by atoms with Gasteiger partial charge in [0.2, 0.25) is 0 Å². The van der Waals surface area contributed by atoms with Gasteiger partial charge in [-0.2, -0.15) is 0 Å². The topological polar surface area (TPSA) is 37.6 Å². The molecule has 4 nitrogen and oxygen atoms in total. The van der Waals surface area contributed by atoms with Crippen LogP contribution in [0.3, 0.4) is 0 Å². The van der Waals surface area contributed by atoms with Crippen LogP contribution in [0, 0.1) is 12.7 Å². The standard InChI is InChI=1S/C19H18FN3OS/c1-4-10-22(11-5-2)18(24)17-13(3)23-12-16(21-19(23)25-17)14-6-8-15(20)9-7-14/h4-9,12H,1-2,10-11H2,3H3. The maximum absolute atomic E-state index is 13.1. The van der Waals surface area contributed by atoms with Crippen LogP contribution in [0.25, 0.3) is 16.2 Å². The summed E-state index contributed by atoms with van der Waals surface area (Å²) >= 11 is 1.35. The average Bonchev–Trinajstić information content (AvgIpc) is 3.14. The molecule has 2 aromatic heterocycles. The van der Waals surface area contributed by atoms with Crippen molar-refractivity contribution in [3.8, 4) is 11.3 Å². The Labute approximate surface area is 149 Å². The number of carbonyl (C=O) groups excluding carboxylic acids is 1. The molecule has 6 heteroatoms. The van der Waals surface area contributed by atoms with Gasteiger partial charge in [-0.15, -0.1) is 13.2 Å². The van der Waals surface area contributed by atoms with E-state index in [0.29, 0.717) is 18.0 Å². The van der Waals surface area contributed by atoms with Gasteiger partial charge in [-0.1, -0.05) is 23.5 Å². The Morgan fingerprint density at radius 3 is 2.48 bits per heavy atom. The Kier molecular flexibility index (Phi) is 4.81. The van der Waals surface area contributed by atoms with Crippen LogP contribution in [-0.2, 0) is 0 Å². The van der Waals surface area contributed by atoms with Crippen LogP contribution in [-0.4, -0.2) is 33.3 Å². The van der Waals surface area contributed by atoms with Gasteiger partial charge in [-0.25, -0.2) is 9.37 Å². The van der Waals surface area contributed by atoms with E-state index in [9.17, 15) is 9.18 Å². The van der Waals surface area contributed by atoms with E-state index in [1.807, 2.05) is 17.5 Å². The molecular weight excluding hydrogens is 337 g/mol. The van der Waals surface area contributed by atoms with Crippen LogP contribution >= 0.6 is 11.3 Å². The predicted molar refractivity (Wildman–Crippen MR) is 99.5 cm³/mol. The van der Waals surface area contributed by atoms with Gasteiger partial charge in [0.25, 0.3) is 5.91 Å². The highest BCUT2D eigenvalue weighted by Crippen LogP contribution is 2.28. The summed E-state index contributed by atoms with van der Waals surface area (Å²) in [4.78, 5) is 20.4. The molecule has 1 aromatic carbocycles. The number of aryl methyl sites for hydroxylation is 1. The number of aromatic nitrogens is 2. The second-order valence-corrected chi connectivity index (χ2v) is 6.57. The van der Waals surface area contributed by atoms with Crippen molar-refractivity contribution in [1.82, 2.24) is 14.3 Å². The van der Waals surface area contributed by atoms with E-state index in [1.165, 1.54) is 23.5 Å². The smallest absolute Gasteiger partial charge is 0.266 e. The number of rotatable bonds is 6. The van der Waals surface area contributed by atoms with Gasteiger partial charge in [0.05, 0.1) is 5.69 Å². The maximum atomic E-state index is 13.1. The van der Waals surface area contributed by atoms with Crippen molar-refractivity contribution in [3.63, 3.8) is 0 Å². The molecular formula is C19H18FN3OS. The minimum atomic E-state index is -0.279. The summed E-state index contributed by atoms with van der Waals surface area (Å²) in [5.41, 5.74) is 2.43. The SMILES string of the molecule is C=CCN(CC=C)C(=O)c1sc2nc(-c3ccc(F)cc3)cn2c1C. The number of hydrogen-bond acceptors (Lipinski definition) is 3. The number of benzene rings is 1. The summed E-state index contributed by atoms with van der Waals surface area (Å²) < 4.78 is 15.0. The second-order valence-electron chi connectivity index (χ2n) is 5.59. The molecule has 0 atom stereocenters. The van der Waals surface area contributed by atoms with E-state index in [0.717, 1.165) is 21.9 Å². The quantitative estimate of drug-likeness (QED) is 0.618. The van der Waals surface area contributed by atoms with Gasteiger partial charge < -0.3 is 4.90 Å². The summed E-state index contributed by atoms with van der Waals surface area (Å²) in [6, 6.07) is 6.21. The van der Waals surface area contributed by atoms with Gasteiger partial charge in [-0.3, -0.25) is 9.20 Å². The molecule has 25 heavy (non-hydrogen) atoms. The first-order valence-electron chi connectivity index (χ1n) is 7.80. The number of fused-ring (bicyclic) bond motifs is 1. The minimum absolute atomic E-state index is 0.0591. The number of hydrogen-bond donors (Lipinski definition) is 0. The molecule has 0 fully saturated rings. The van der Waals surface area contributed by atoms with Crippen molar-refractivity contribution < 1.29 is 9.18 Å². The Morgan fingerprint density at radius 1 is 1.28 bits per heavy atom. The lowest BCUT2D eigenvalue weighted by Gasteiger charge is -2.18. The Bertz CT molecular complexity index is 930. The molecule has 0 aliphatic rings. The van der Waals surface area contributed by atoms with Gasteiger partial charge in [-0.05, 0) is 31.2 Å². The molecule has 0 aliphatic carbocycles. The third-order valence-corrected chi connectivity index (χ3v) is 5.02. The highest BCUT2D eigenvalue weighted by Gasteiger charge is 2.21. The molecule has 128 valence electrons. The highest BCUT2D eigenvalue weighted by atomic mass is 32.1. The molecule has 0 bridgehead atoms. The van der Waals surface area contributed by atoms with Gasteiger partial charge in [0.15, 0.2) is 4.96 Å². The minimum Gasteiger partial charge on any atom is -0.330 e. The van der Waals surface area contributed by atoms with Crippen molar-refractivity contribution in [2.45, 2.75) is 6.92 Å². The number of halogens is 1. The summed E-state index contributed by atoms with van der Waals surface area (Å²) in [5.74, 6) is -0.338. The van der Waals surface area contributed by atoms with E-state index < -0.39 is 0 Å². The first-order valence-corrected chi connectivity index (χ1v) is 8.62. The summed E-state index contributed by atoms with van der Waals surface area (Å²) in [6.07, 6.45) is 5.26. The number of amides is 1. The molecule has 3 rings (SSSR count). The monoisotopic (exact) mass is 355 g/mol. The fourth-order valence-electron chi connectivity index (χ4n) is 2.60. The van der Waals surface area contributed by atoms with E-state index in [2.05, 4.69) is 18.1 Å². The van der Waals surface area contributed by atoms with E-state index in [1.54, 1.807) is 29.2 Å². The van der Waals surface area contributed by atoms with Crippen molar-refractivity contribution in [3.05, 3.63) is 72.2 Å². The fraction of sp³-hybridized carbons (Fsp3) is 0.158. The summed E-state index contributed by atoms with van der Waals surface area (Å²) in [7, 11) is 0. The molecule has 1 amide bonds.